The van der Waals surface area contributed by atoms with Gasteiger partial charge in [-0.25, -0.2) is 0 Å². The second kappa shape index (κ2) is 6.23. The number of anilines is 1. The first-order valence-electron chi connectivity index (χ1n) is 5.43. The summed E-state index contributed by atoms with van der Waals surface area (Å²) in [6.45, 7) is 5.86. The largest absolute Gasteiger partial charge is 0.398 e. The summed E-state index contributed by atoms with van der Waals surface area (Å²) in [4.78, 5) is 2.19. The molecular formula is C12H19BrN2O. The maximum absolute atomic E-state index is 9.00. The summed E-state index contributed by atoms with van der Waals surface area (Å²) < 4.78 is 0.993. The topological polar surface area (TPSA) is 49.5 Å². The molecule has 0 aliphatic rings. The molecule has 0 aromatic heterocycles. The van der Waals surface area contributed by atoms with E-state index in [1.165, 1.54) is 0 Å². The van der Waals surface area contributed by atoms with Crippen LogP contribution in [0.5, 0.6) is 0 Å². The van der Waals surface area contributed by atoms with Crippen molar-refractivity contribution < 1.29 is 5.11 Å². The molecule has 90 valence electrons. The third kappa shape index (κ3) is 3.77. The molecular weight excluding hydrogens is 268 g/mol. The number of hydrogen-bond donors (Lipinski definition) is 2. The highest BCUT2D eigenvalue weighted by atomic mass is 79.9. The van der Waals surface area contributed by atoms with Crippen molar-refractivity contribution in [3.8, 4) is 0 Å². The predicted molar refractivity (Wildman–Crippen MR) is 71.2 cm³/mol. The van der Waals surface area contributed by atoms with Crippen LogP contribution in [0, 0.1) is 0 Å². The van der Waals surface area contributed by atoms with Gasteiger partial charge in [0, 0.05) is 29.3 Å². The molecule has 16 heavy (non-hydrogen) atoms. The van der Waals surface area contributed by atoms with E-state index < -0.39 is 0 Å². The average molecular weight is 287 g/mol. The van der Waals surface area contributed by atoms with E-state index in [4.69, 9.17) is 10.8 Å². The van der Waals surface area contributed by atoms with Crippen molar-refractivity contribution in [3.63, 3.8) is 0 Å². The molecule has 0 radical (unpaired) electrons. The van der Waals surface area contributed by atoms with E-state index in [1.54, 1.807) is 0 Å². The third-order valence-corrected chi connectivity index (χ3v) is 3.09. The lowest BCUT2D eigenvalue weighted by Crippen LogP contribution is -2.33. The minimum absolute atomic E-state index is 0.175. The van der Waals surface area contributed by atoms with Gasteiger partial charge in [0.05, 0.1) is 6.61 Å². The predicted octanol–water partition coefficient (Wildman–Crippen LogP) is 2.23. The van der Waals surface area contributed by atoms with Crippen LogP contribution >= 0.6 is 15.9 Å². The molecule has 3 nitrogen and oxygen atoms in total. The van der Waals surface area contributed by atoms with E-state index in [9.17, 15) is 0 Å². The molecule has 1 aromatic carbocycles. The Bertz CT molecular complexity index is 342. The van der Waals surface area contributed by atoms with Crippen LogP contribution in [0.1, 0.15) is 19.4 Å². The zero-order valence-electron chi connectivity index (χ0n) is 9.78. The lowest BCUT2D eigenvalue weighted by molar-refractivity contribution is 0.159. The highest BCUT2D eigenvalue weighted by Gasteiger charge is 2.11. The summed E-state index contributed by atoms with van der Waals surface area (Å²) in [6, 6.07) is 6.32. The van der Waals surface area contributed by atoms with E-state index >= 15 is 0 Å². The Balaban J connectivity index is 2.77. The third-order valence-electron chi connectivity index (χ3n) is 2.60. The average Bonchev–Trinajstić information content (AvgIpc) is 2.20. The highest BCUT2D eigenvalue weighted by molar-refractivity contribution is 9.10. The zero-order chi connectivity index (χ0) is 12.1. The fraction of sp³-hybridized carbons (Fsp3) is 0.500. The van der Waals surface area contributed by atoms with Gasteiger partial charge in [0.1, 0.15) is 0 Å². The van der Waals surface area contributed by atoms with Crippen molar-refractivity contribution >= 4 is 21.6 Å². The van der Waals surface area contributed by atoms with Gasteiger partial charge in [-0.2, -0.15) is 0 Å². The van der Waals surface area contributed by atoms with Gasteiger partial charge >= 0.3 is 0 Å². The van der Waals surface area contributed by atoms with Crippen LogP contribution in [0.4, 0.5) is 5.69 Å². The molecule has 0 aliphatic heterocycles. The van der Waals surface area contributed by atoms with Crippen molar-refractivity contribution in [3.05, 3.63) is 28.2 Å². The Morgan fingerprint density at radius 2 is 2.12 bits per heavy atom. The van der Waals surface area contributed by atoms with Crippen molar-refractivity contribution in [1.29, 1.82) is 0 Å². The molecule has 0 amide bonds. The molecule has 3 N–H and O–H groups in total. The van der Waals surface area contributed by atoms with E-state index in [1.807, 2.05) is 18.2 Å². The van der Waals surface area contributed by atoms with E-state index in [0.29, 0.717) is 12.6 Å². The molecule has 0 atom stereocenters. The molecule has 0 saturated carbocycles. The van der Waals surface area contributed by atoms with Crippen LogP contribution in [0.2, 0.25) is 0 Å². The second-order valence-corrected chi connectivity index (χ2v) is 5.05. The molecule has 0 unspecified atom stereocenters. The maximum Gasteiger partial charge on any atom is 0.0558 e. The van der Waals surface area contributed by atoms with Gasteiger partial charge in [-0.15, -0.1) is 0 Å². The Hall–Kier alpha value is -0.580. The lowest BCUT2D eigenvalue weighted by atomic mass is 10.1. The summed E-state index contributed by atoms with van der Waals surface area (Å²) in [5.74, 6) is 0. The number of nitrogen functional groups attached to an aromatic ring is 1. The van der Waals surface area contributed by atoms with Crippen LogP contribution in [0.15, 0.2) is 22.7 Å². The van der Waals surface area contributed by atoms with Crippen LogP contribution in [-0.2, 0) is 6.54 Å². The van der Waals surface area contributed by atoms with Gasteiger partial charge in [-0.1, -0.05) is 22.0 Å². The van der Waals surface area contributed by atoms with Crippen molar-refractivity contribution in [1.82, 2.24) is 4.90 Å². The maximum atomic E-state index is 9.00. The van der Waals surface area contributed by atoms with Gasteiger partial charge in [-0.05, 0) is 31.5 Å². The first-order valence-corrected chi connectivity index (χ1v) is 6.22. The number of halogens is 1. The molecule has 0 spiro atoms. The minimum Gasteiger partial charge on any atom is -0.398 e. The molecule has 0 heterocycles. The second-order valence-electron chi connectivity index (χ2n) is 4.13. The fourth-order valence-electron chi connectivity index (χ4n) is 1.58. The summed E-state index contributed by atoms with van der Waals surface area (Å²) in [7, 11) is 0. The number of nitrogens with two attached hydrogens (primary N) is 1. The summed E-state index contributed by atoms with van der Waals surface area (Å²) >= 11 is 3.39. The highest BCUT2D eigenvalue weighted by Crippen LogP contribution is 2.20. The fourth-order valence-corrected chi connectivity index (χ4v) is 1.96. The number of aliphatic hydroxyl groups excluding tert-OH is 1. The van der Waals surface area contributed by atoms with Crippen LogP contribution in [0.25, 0.3) is 0 Å². The van der Waals surface area contributed by atoms with Gasteiger partial charge in [-0.3, -0.25) is 4.90 Å². The summed E-state index contributed by atoms with van der Waals surface area (Å²) in [6.07, 6.45) is 0. The van der Waals surface area contributed by atoms with Crippen molar-refractivity contribution in [2.75, 3.05) is 18.9 Å². The van der Waals surface area contributed by atoms with Crippen LogP contribution in [0.3, 0.4) is 0 Å². The van der Waals surface area contributed by atoms with Crippen molar-refractivity contribution in [2.45, 2.75) is 26.4 Å². The Labute approximate surface area is 105 Å². The van der Waals surface area contributed by atoms with Gasteiger partial charge in [0.15, 0.2) is 0 Å². The first kappa shape index (κ1) is 13.5. The van der Waals surface area contributed by atoms with E-state index in [-0.39, 0.29) is 6.61 Å². The number of nitrogens with zero attached hydrogens (tertiary/aromatic N) is 1. The van der Waals surface area contributed by atoms with Gasteiger partial charge < -0.3 is 10.8 Å². The Morgan fingerprint density at radius 1 is 1.44 bits per heavy atom. The molecule has 0 bridgehead atoms. The first-order chi connectivity index (χ1) is 7.54. The Morgan fingerprint density at radius 3 is 2.62 bits per heavy atom. The quantitative estimate of drug-likeness (QED) is 0.817. The normalized spacial score (nSPS) is 11.4. The smallest absolute Gasteiger partial charge is 0.0558 e. The summed E-state index contributed by atoms with van der Waals surface area (Å²) in [5, 5.41) is 9.00. The Kier molecular flexibility index (Phi) is 5.25. The summed E-state index contributed by atoms with van der Waals surface area (Å²) in [5.41, 5.74) is 7.84. The molecule has 1 rings (SSSR count). The lowest BCUT2D eigenvalue weighted by Gasteiger charge is -2.26. The van der Waals surface area contributed by atoms with Crippen molar-refractivity contribution in [2.24, 2.45) is 0 Å². The standard InChI is InChI=1S/C12H19BrN2O/c1-9(2)15(5-6-16)8-10-3-4-11(13)7-12(10)14/h3-4,7,9,16H,5-6,8,14H2,1-2H3. The SMILES string of the molecule is CC(C)N(CCO)Cc1ccc(Br)cc1N. The van der Waals surface area contributed by atoms with Gasteiger partial charge in [0.25, 0.3) is 0 Å². The molecule has 0 fully saturated rings. The van der Waals surface area contributed by atoms with Crippen LogP contribution in [-0.4, -0.2) is 29.2 Å². The zero-order valence-corrected chi connectivity index (χ0v) is 11.4. The number of aliphatic hydroxyl groups is 1. The number of benzene rings is 1. The monoisotopic (exact) mass is 286 g/mol. The number of hydrogen-bond acceptors (Lipinski definition) is 3. The minimum atomic E-state index is 0.175. The molecule has 4 heteroatoms. The number of rotatable bonds is 5. The van der Waals surface area contributed by atoms with E-state index in [0.717, 1.165) is 22.3 Å². The van der Waals surface area contributed by atoms with Gasteiger partial charge in [0.2, 0.25) is 0 Å². The molecule has 1 aromatic rings. The van der Waals surface area contributed by atoms with E-state index in [2.05, 4.69) is 34.7 Å². The van der Waals surface area contributed by atoms with Crippen LogP contribution < -0.4 is 5.73 Å². The molecule has 0 saturated heterocycles. The molecule has 0 aliphatic carbocycles.